The fourth-order valence-electron chi connectivity index (χ4n) is 3.18. The lowest BCUT2D eigenvalue weighted by Gasteiger charge is -2.05. The van der Waals surface area contributed by atoms with Crippen molar-refractivity contribution in [2.75, 3.05) is 13.7 Å². The molecule has 0 fully saturated rings. The molecule has 1 rings (SSSR count). The molecule has 0 aliphatic carbocycles. The average Bonchev–Trinajstić information content (AvgIpc) is 3.21. The lowest BCUT2D eigenvalue weighted by atomic mass is 10.1. The van der Waals surface area contributed by atoms with E-state index in [0.29, 0.717) is 18.6 Å². The summed E-state index contributed by atoms with van der Waals surface area (Å²) >= 11 is 0. The van der Waals surface area contributed by atoms with Crippen LogP contribution in [0.2, 0.25) is 0 Å². The van der Waals surface area contributed by atoms with Crippen LogP contribution in [0.4, 0.5) is 0 Å². The van der Waals surface area contributed by atoms with Crippen molar-refractivity contribution >= 4 is 18.1 Å². The van der Waals surface area contributed by atoms with Crippen LogP contribution in [0.25, 0.3) is 0 Å². The third kappa shape index (κ3) is 12.5. The van der Waals surface area contributed by atoms with Crippen LogP contribution < -0.4 is 5.32 Å². The fourth-order valence-corrected chi connectivity index (χ4v) is 3.18. The highest BCUT2D eigenvalue weighted by molar-refractivity contribution is 5.81. The summed E-state index contributed by atoms with van der Waals surface area (Å²) in [5, 5.41) is 2.99. The number of nitrogens with one attached hydrogen (secondary N) is 1. The standard InChI is InChI=1S/C24H40N2O4/c1-4-5-6-7-8-9-10-11-12-13-18-25-23(27)17-16-21-14-15-22(30-21)19-26-20(2)24(28)29-3/h14-15,19-20H,4-13,16-18H2,1-3H3,(H,25,27). The van der Waals surface area contributed by atoms with E-state index in [4.69, 9.17) is 4.42 Å². The molecule has 1 heterocycles. The van der Waals surface area contributed by atoms with Gasteiger partial charge >= 0.3 is 5.97 Å². The van der Waals surface area contributed by atoms with Crippen LogP contribution in [0.15, 0.2) is 21.5 Å². The van der Waals surface area contributed by atoms with Gasteiger partial charge in [-0.1, -0.05) is 64.7 Å². The van der Waals surface area contributed by atoms with Crippen molar-refractivity contribution in [2.24, 2.45) is 4.99 Å². The Balaban J connectivity index is 2.06. The number of carbonyl (C=O) groups is 2. The molecule has 6 nitrogen and oxygen atoms in total. The first kappa shape index (κ1) is 25.9. The molecule has 1 amide bonds. The van der Waals surface area contributed by atoms with Gasteiger partial charge in [0.1, 0.15) is 17.6 Å². The average molecular weight is 421 g/mol. The molecular formula is C24H40N2O4. The zero-order valence-corrected chi connectivity index (χ0v) is 19.1. The topological polar surface area (TPSA) is 80.9 Å². The van der Waals surface area contributed by atoms with Crippen LogP contribution in [0.5, 0.6) is 0 Å². The number of furan rings is 1. The monoisotopic (exact) mass is 420 g/mol. The molecule has 1 aromatic rings. The minimum atomic E-state index is -0.569. The second kappa shape index (κ2) is 16.7. The van der Waals surface area contributed by atoms with E-state index < -0.39 is 12.0 Å². The summed E-state index contributed by atoms with van der Waals surface area (Å²) in [7, 11) is 1.33. The number of aryl methyl sites for hydroxylation is 1. The Bertz CT molecular complexity index is 624. The molecule has 1 unspecified atom stereocenters. The number of rotatable bonds is 17. The van der Waals surface area contributed by atoms with Crippen LogP contribution in [0, 0.1) is 0 Å². The third-order valence-corrected chi connectivity index (χ3v) is 5.10. The minimum Gasteiger partial charge on any atom is -0.467 e. The fraction of sp³-hybridized carbons (Fsp3) is 0.708. The maximum atomic E-state index is 12.0. The molecule has 0 spiro atoms. The van der Waals surface area contributed by atoms with Gasteiger partial charge in [0.15, 0.2) is 0 Å². The van der Waals surface area contributed by atoms with Crippen LogP contribution in [0.3, 0.4) is 0 Å². The highest BCUT2D eigenvalue weighted by atomic mass is 16.5. The predicted octanol–water partition coefficient (Wildman–Crippen LogP) is 5.23. The van der Waals surface area contributed by atoms with Crippen molar-refractivity contribution in [3.8, 4) is 0 Å². The van der Waals surface area contributed by atoms with Crippen LogP contribution in [-0.2, 0) is 20.7 Å². The summed E-state index contributed by atoms with van der Waals surface area (Å²) in [6, 6.07) is 3.05. The predicted molar refractivity (Wildman–Crippen MR) is 121 cm³/mol. The van der Waals surface area contributed by atoms with Crippen molar-refractivity contribution in [1.29, 1.82) is 0 Å². The van der Waals surface area contributed by atoms with Gasteiger partial charge in [-0.15, -0.1) is 0 Å². The van der Waals surface area contributed by atoms with Crippen molar-refractivity contribution in [2.45, 2.75) is 96.9 Å². The minimum absolute atomic E-state index is 0.0526. The van der Waals surface area contributed by atoms with Crippen LogP contribution in [0.1, 0.15) is 96.0 Å². The van der Waals surface area contributed by atoms with Gasteiger partial charge in [0, 0.05) is 19.4 Å². The molecule has 0 bridgehead atoms. The molecule has 0 aliphatic rings. The molecule has 1 aromatic heterocycles. The molecule has 6 heteroatoms. The molecule has 0 radical (unpaired) electrons. The number of aliphatic imine (C=N–C) groups is 1. The van der Waals surface area contributed by atoms with E-state index >= 15 is 0 Å². The number of nitrogens with zero attached hydrogens (tertiary/aromatic N) is 1. The Morgan fingerprint density at radius 2 is 1.70 bits per heavy atom. The summed E-state index contributed by atoms with van der Waals surface area (Å²) in [5.41, 5.74) is 0. The highest BCUT2D eigenvalue weighted by Gasteiger charge is 2.10. The normalized spacial score (nSPS) is 12.2. The Labute approximate surface area is 181 Å². The second-order valence-corrected chi connectivity index (χ2v) is 7.81. The van der Waals surface area contributed by atoms with Gasteiger partial charge in [-0.05, 0) is 25.5 Å². The third-order valence-electron chi connectivity index (χ3n) is 5.10. The Morgan fingerprint density at radius 3 is 2.33 bits per heavy atom. The first-order valence-corrected chi connectivity index (χ1v) is 11.5. The summed E-state index contributed by atoms with van der Waals surface area (Å²) in [4.78, 5) is 27.4. The van der Waals surface area contributed by atoms with Crippen molar-refractivity contribution < 1.29 is 18.7 Å². The largest absolute Gasteiger partial charge is 0.467 e. The quantitative estimate of drug-likeness (QED) is 0.213. The highest BCUT2D eigenvalue weighted by Crippen LogP contribution is 2.11. The van der Waals surface area contributed by atoms with Crippen molar-refractivity contribution in [1.82, 2.24) is 5.32 Å². The summed E-state index contributed by atoms with van der Waals surface area (Å²) in [6.45, 7) is 4.65. The Hall–Kier alpha value is -2.11. The molecule has 0 aliphatic heterocycles. The van der Waals surface area contributed by atoms with Crippen molar-refractivity contribution in [3.05, 3.63) is 23.7 Å². The number of methoxy groups -OCH3 is 1. The molecule has 1 atom stereocenters. The van der Waals surface area contributed by atoms with Gasteiger partial charge in [0.05, 0.1) is 13.3 Å². The van der Waals surface area contributed by atoms with E-state index in [0.717, 1.165) is 18.7 Å². The number of carbonyl (C=O) groups excluding carboxylic acids is 2. The molecular weight excluding hydrogens is 380 g/mol. The Kier molecular flexibility index (Phi) is 14.4. The van der Waals surface area contributed by atoms with E-state index in [-0.39, 0.29) is 5.91 Å². The van der Waals surface area contributed by atoms with Gasteiger partial charge in [-0.25, -0.2) is 4.79 Å². The number of ether oxygens (including phenoxy) is 1. The summed E-state index contributed by atoms with van der Waals surface area (Å²) < 4.78 is 10.3. The maximum Gasteiger partial charge on any atom is 0.330 e. The molecule has 0 aromatic carbocycles. The van der Waals surface area contributed by atoms with Gasteiger partial charge in [-0.2, -0.15) is 0 Å². The smallest absolute Gasteiger partial charge is 0.330 e. The van der Waals surface area contributed by atoms with E-state index in [1.54, 1.807) is 13.0 Å². The first-order chi connectivity index (χ1) is 14.6. The number of hydrogen-bond donors (Lipinski definition) is 1. The molecule has 0 saturated carbocycles. The van der Waals surface area contributed by atoms with E-state index in [1.807, 2.05) is 6.07 Å². The first-order valence-electron chi connectivity index (χ1n) is 11.5. The number of hydrogen-bond acceptors (Lipinski definition) is 5. The van der Waals surface area contributed by atoms with E-state index in [1.165, 1.54) is 71.1 Å². The molecule has 0 saturated heterocycles. The summed E-state index contributed by atoms with van der Waals surface area (Å²) in [5.74, 6) is 0.955. The van der Waals surface area contributed by atoms with Crippen molar-refractivity contribution in [3.63, 3.8) is 0 Å². The maximum absolute atomic E-state index is 12.0. The van der Waals surface area contributed by atoms with Gasteiger partial charge < -0.3 is 14.5 Å². The number of esters is 1. The lowest BCUT2D eigenvalue weighted by molar-refractivity contribution is -0.141. The van der Waals surface area contributed by atoms with Crippen LogP contribution in [-0.4, -0.2) is 37.8 Å². The number of amides is 1. The zero-order chi connectivity index (χ0) is 22.0. The molecule has 30 heavy (non-hydrogen) atoms. The van der Waals surface area contributed by atoms with Gasteiger partial charge in [0.2, 0.25) is 5.91 Å². The van der Waals surface area contributed by atoms with E-state index in [9.17, 15) is 9.59 Å². The number of unbranched alkanes of at least 4 members (excludes halogenated alkanes) is 9. The molecule has 170 valence electrons. The lowest BCUT2D eigenvalue weighted by Crippen LogP contribution is -2.24. The molecule has 1 N–H and O–H groups in total. The zero-order valence-electron chi connectivity index (χ0n) is 19.1. The van der Waals surface area contributed by atoms with Crippen LogP contribution >= 0.6 is 0 Å². The van der Waals surface area contributed by atoms with E-state index in [2.05, 4.69) is 22.0 Å². The van der Waals surface area contributed by atoms with Gasteiger partial charge in [0.25, 0.3) is 0 Å². The second-order valence-electron chi connectivity index (χ2n) is 7.81. The summed E-state index contributed by atoms with van der Waals surface area (Å²) in [6.07, 6.45) is 15.4. The van der Waals surface area contributed by atoms with Gasteiger partial charge in [-0.3, -0.25) is 9.79 Å². The SMILES string of the molecule is CCCCCCCCCCCCNC(=O)CCc1ccc(C=NC(C)C(=O)OC)o1. The Morgan fingerprint density at radius 1 is 1.07 bits per heavy atom.